The molecule has 2 aromatic rings. The van der Waals surface area contributed by atoms with Crippen LogP contribution >= 0.6 is 11.8 Å². The molecular weight excluding hydrogens is 402 g/mol. The smallest absolute Gasteiger partial charge is 0.284 e. The Hall–Kier alpha value is -2.24. The van der Waals surface area contributed by atoms with Crippen LogP contribution < -0.4 is 0 Å². The second-order valence-electron chi connectivity index (χ2n) is 6.36. The number of benzene rings is 1. The SMILES string of the molecule is C=CCn1cnnc1Sc1ccc(S(=O)(=O)N2CCCCCC2)cc1[N+](=O)[O-]. The van der Waals surface area contributed by atoms with Gasteiger partial charge in [-0.2, -0.15) is 4.31 Å². The van der Waals surface area contributed by atoms with E-state index in [0.29, 0.717) is 29.7 Å². The summed E-state index contributed by atoms with van der Waals surface area (Å²) in [5.74, 6) is 0. The van der Waals surface area contributed by atoms with Crippen molar-refractivity contribution in [2.45, 2.75) is 47.2 Å². The average molecular weight is 424 g/mol. The molecule has 1 aromatic heterocycles. The molecule has 1 saturated heterocycles. The van der Waals surface area contributed by atoms with E-state index in [-0.39, 0.29) is 10.6 Å². The summed E-state index contributed by atoms with van der Waals surface area (Å²) in [7, 11) is -3.76. The fourth-order valence-corrected chi connectivity index (χ4v) is 5.44. The summed E-state index contributed by atoms with van der Waals surface area (Å²) in [5.41, 5.74) is -0.269. The van der Waals surface area contributed by atoms with Crippen molar-refractivity contribution in [3.63, 3.8) is 0 Å². The van der Waals surface area contributed by atoms with Gasteiger partial charge in [0.05, 0.1) is 14.7 Å². The predicted molar refractivity (Wildman–Crippen MR) is 105 cm³/mol. The Morgan fingerprint density at radius 1 is 1.25 bits per heavy atom. The van der Waals surface area contributed by atoms with E-state index in [1.165, 1.54) is 22.8 Å². The summed E-state index contributed by atoms with van der Waals surface area (Å²) in [6.07, 6.45) is 6.76. The first kappa shape index (κ1) is 20.5. The van der Waals surface area contributed by atoms with Crippen molar-refractivity contribution in [2.75, 3.05) is 13.1 Å². The second-order valence-corrected chi connectivity index (χ2v) is 9.31. The molecule has 0 atom stereocenters. The first-order chi connectivity index (χ1) is 13.4. The zero-order valence-corrected chi connectivity index (χ0v) is 16.9. The number of allylic oxidation sites excluding steroid dienone is 1. The third-order valence-electron chi connectivity index (χ3n) is 4.44. The highest BCUT2D eigenvalue weighted by Gasteiger charge is 2.28. The Morgan fingerprint density at radius 2 is 1.96 bits per heavy atom. The monoisotopic (exact) mass is 423 g/mol. The minimum absolute atomic E-state index is 0.0574. The summed E-state index contributed by atoms with van der Waals surface area (Å²) in [6.45, 7) is 5.00. The topological polar surface area (TPSA) is 111 Å². The predicted octanol–water partition coefficient (Wildman–Crippen LogP) is 3.09. The van der Waals surface area contributed by atoms with E-state index >= 15 is 0 Å². The molecule has 9 nitrogen and oxygen atoms in total. The van der Waals surface area contributed by atoms with Gasteiger partial charge in [-0.05, 0) is 36.7 Å². The van der Waals surface area contributed by atoms with Gasteiger partial charge in [0, 0.05) is 25.7 Å². The fourth-order valence-electron chi connectivity index (χ4n) is 3.00. The molecule has 150 valence electrons. The van der Waals surface area contributed by atoms with Gasteiger partial charge in [-0.3, -0.25) is 10.1 Å². The molecule has 0 aliphatic carbocycles. The zero-order chi connectivity index (χ0) is 20.1. The largest absolute Gasteiger partial charge is 0.304 e. The number of nitro benzene ring substituents is 1. The summed E-state index contributed by atoms with van der Waals surface area (Å²) in [4.78, 5) is 11.3. The van der Waals surface area contributed by atoms with Gasteiger partial charge < -0.3 is 4.57 Å². The van der Waals surface area contributed by atoms with E-state index in [9.17, 15) is 18.5 Å². The van der Waals surface area contributed by atoms with E-state index in [0.717, 1.165) is 43.5 Å². The summed E-state index contributed by atoms with van der Waals surface area (Å²) >= 11 is 1.07. The van der Waals surface area contributed by atoms with Crippen LogP contribution in [0.3, 0.4) is 0 Å². The lowest BCUT2D eigenvalue weighted by atomic mass is 10.2. The van der Waals surface area contributed by atoms with Gasteiger partial charge in [0.2, 0.25) is 10.0 Å². The molecular formula is C17H21N5O4S2. The molecule has 1 aromatic carbocycles. The van der Waals surface area contributed by atoms with Crippen molar-refractivity contribution < 1.29 is 13.3 Å². The maximum atomic E-state index is 12.9. The van der Waals surface area contributed by atoms with Gasteiger partial charge >= 0.3 is 0 Å². The maximum absolute atomic E-state index is 12.9. The molecule has 3 rings (SSSR count). The van der Waals surface area contributed by atoms with E-state index in [2.05, 4.69) is 16.8 Å². The molecule has 0 N–H and O–H groups in total. The van der Waals surface area contributed by atoms with Gasteiger partial charge in [0.15, 0.2) is 5.16 Å². The highest BCUT2D eigenvalue weighted by molar-refractivity contribution is 7.99. The number of aromatic nitrogens is 3. The van der Waals surface area contributed by atoms with Gasteiger partial charge in [0.25, 0.3) is 5.69 Å². The van der Waals surface area contributed by atoms with Crippen LogP contribution in [0.5, 0.6) is 0 Å². The molecule has 1 aliphatic heterocycles. The quantitative estimate of drug-likeness (QED) is 0.382. The van der Waals surface area contributed by atoms with Crippen LogP contribution in [0, 0.1) is 10.1 Å². The Morgan fingerprint density at radius 3 is 2.61 bits per heavy atom. The second kappa shape index (κ2) is 8.84. The minimum atomic E-state index is -3.76. The molecule has 11 heteroatoms. The standard InChI is InChI=1S/C17H21N5O4S2/c1-2-9-20-13-18-19-17(20)27-16-8-7-14(12-15(16)22(23)24)28(25,26)21-10-5-3-4-6-11-21/h2,7-8,12-13H,1,3-6,9-11H2. The van der Waals surface area contributed by atoms with E-state index < -0.39 is 14.9 Å². The van der Waals surface area contributed by atoms with E-state index in [1.807, 2.05) is 0 Å². The first-order valence-electron chi connectivity index (χ1n) is 8.88. The Bertz CT molecular complexity index is 966. The van der Waals surface area contributed by atoms with Crippen LogP contribution in [0.2, 0.25) is 0 Å². The van der Waals surface area contributed by atoms with Crippen LogP contribution in [0.15, 0.2) is 52.1 Å². The highest BCUT2D eigenvalue weighted by Crippen LogP contribution is 2.36. The maximum Gasteiger partial charge on any atom is 0.284 e. The van der Waals surface area contributed by atoms with Crippen LogP contribution in [-0.2, 0) is 16.6 Å². The minimum Gasteiger partial charge on any atom is -0.304 e. The molecule has 0 saturated carbocycles. The van der Waals surface area contributed by atoms with Gasteiger partial charge in [-0.15, -0.1) is 16.8 Å². The molecule has 0 amide bonds. The van der Waals surface area contributed by atoms with E-state index in [4.69, 9.17) is 0 Å². The number of nitrogens with zero attached hydrogens (tertiary/aromatic N) is 5. The molecule has 0 unspecified atom stereocenters. The van der Waals surface area contributed by atoms with Crippen molar-refractivity contribution in [1.82, 2.24) is 19.1 Å². The number of nitro groups is 1. The lowest BCUT2D eigenvalue weighted by Crippen LogP contribution is -2.31. The Balaban J connectivity index is 1.93. The number of hydrogen-bond donors (Lipinski definition) is 0. The molecule has 1 aliphatic rings. The van der Waals surface area contributed by atoms with Gasteiger partial charge in [-0.25, -0.2) is 8.42 Å². The van der Waals surface area contributed by atoms with Crippen LogP contribution in [-0.4, -0.2) is 45.5 Å². The molecule has 0 spiro atoms. The Kier molecular flexibility index (Phi) is 6.47. The van der Waals surface area contributed by atoms with Crippen molar-refractivity contribution in [1.29, 1.82) is 0 Å². The molecule has 2 heterocycles. The van der Waals surface area contributed by atoms with Crippen molar-refractivity contribution in [3.05, 3.63) is 47.3 Å². The summed E-state index contributed by atoms with van der Waals surface area (Å²) in [5, 5.41) is 19.8. The third kappa shape index (κ3) is 4.42. The van der Waals surface area contributed by atoms with Crippen LogP contribution in [0.4, 0.5) is 5.69 Å². The van der Waals surface area contributed by atoms with Gasteiger partial charge in [-0.1, -0.05) is 18.9 Å². The van der Waals surface area contributed by atoms with Crippen LogP contribution in [0.1, 0.15) is 25.7 Å². The Labute approximate surface area is 167 Å². The van der Waals surface area contributed by atoms with Crippen molar-refractivity contribution in [3.8, 4) is 0 Å². The first-order valence-corrected chi connectivity index (χ1v) is 11.1. The van der Waals surface area contributed by atoms with E-state index in [1.54, 1.807) is 10.6 Å². The van der Waals surface area contributed by atoms with Crippen molar-refractivity contribution in [2.24, 2.45) is 0 Å². The molecule has 1 fully saturated rings. The highest BCUT2D eigenvalue weighted by atomic mass is 32.2. The molecule has 0 radical (unpaired) electrons. The number of rotatable bonds is 7. The summed E-state index contributed by atoms with van der Waals surface area (Å²) in [6, 6.07) is 4.01. The normalized spacial score (nSPS) is 15.9. The number of sulfonamides is 1. The molecule has 28 heavy (non-hydrogen) atoms. The fraction of sp³-hybridized carbons (Fsp3) is 0.412. The lowest BCUT2D eigenvalue weighted by molar-refractivity contribution is -0.388. The average Bonchev–Trinajstić information content (AvgIpc) is 2.93. The van der Waals surface area contributed by atoms with Crippen molar-refractivity contribution >= 4 is 27.5 Å². The summed E-state index contributed by atoms with van der Waals surface area (Å²) < 4.78 is 29.0. The molecule has 0 bridgehead atoms. The lowest BCUT2D eigenvalue weighted by Gasteiger charge is -2.20. The number of hydrogen-bond acceptors (Lipinski definition) is 7. The zero-order valence-electron chi connectivity index (χ0n) is 15.2. The van der Waals surface area contributed by atoms with Gasteiger partial charge in [0.1, 0.15) is 6.33 Å². The van der Waals surface area contributed by atoms with Crippen LogP contribution in [0.25, 0.3) is 0 Å². The third-order valence-corrected chi connectivity index (χ3v) is 7.40.